The Labute approximate surface area is 192 Å². The van der Waals surface area contributed by atoms with Crippen molar-refractivity contribution in [1.82, 2.24) is 24.7 Å². The number of carbonyl (C=O) groups is 1. The van der Waals surface area contributed by atoms with Crippen LogP contribution < -0.4 is 5.32 Å². The standard InChI is InChI=1S/C21H20BrClN6O2/c1-12-19(23)13(2)29(26-12)11-18-14(3)31-27-20(18)21(30)25-17-6-4-5-15(7-17)9-28-10-16(22)8-24-28/h4-8,10H,9,11H2,1-3H3,(H,25,30). The zero-order valence-corrected chi connectivity index (χ0v) is 19.5. The summed E-state index contributed by atoms with van der Waals surface area (Å²) in [4.78, 5) is 13.0. The number of nitrogens with zero attached hydrogens (tertiary/aromatic N) is 5. The van der Waals surface area contributed by atoms with Crippen LogP contribution in [0.3, 0.4) is 0 Å². The molecule has 0 aliphatic rings. The maximum absolute atomic E-state index is 13.0. The van der Waals surface area contributed by atoms with Crippen molar-refractivity contribution in [3.05, 3.63) is 80.1 Å². The molecule has 0 bridgehead atoms. The van der Waals surface area contributed by atoms with E-state index < -0.39 is 0 Å². The zero-order chi connectivity index (χ0) is 22.1. The van der Waals surface area contributed by atoms with E-state index in [2.05, 4.69) is 36.6 Å². The molecule has 4 rings (SSSR count). The summed E-state index contributed by atoms with van der Waals surface area (Å²) in [7, 11) is 0. The average molecular weight is 504 g/mol. The topological polar surface area (TPSA) is 90.8 Å². The maximum atomic E-state index is 13.0. The molecule has 1 amide bonds. The molecule has 0 saturated heterocycles. The third kappa shape index (κ3) is 4.57. The Morgan fingerprint density at radius 1 is 1.26 bits per heavy atom. The quantitative estimate of drug-likeness (QED) is 0.410. The summed E-state index contributed by atoms with van der Waals surface area (Å²) in [6.07, 6.45) is 3.62. The van der Waals surface area contributed by atoms with E-state index in [4.69, 9.17) is 16.1 Å². The lowest BCUT2D eigenvalue weighted by molar-refractivity contribution is 0.101. The number of anilines is 1. The lowest BCUT2D eigenvalue weighted by Gasteiger charge is -2.08. The molecule has 160 valence electrons. The molecule has 3 heterocycles. The van der Waals surface area contributed by atoms with Crippen molar-refractivity contribution in [2.24, 2.45) is 0 Å². The maximum Gasteiger partial charge on any atom is 0.278 e. The molecule has 0 fully saturated rings. The molecule has 8 nitrogen and oxygen atoms in total. The van der Waals surface area contributed by atoms with Gasteiger partial charge in [0.15, 0.2) is 5.69 Å². The molecule has 0 aliphatic heterocycles. The normalized spacial score (nSPS) is 11.1. The van der Waals surface area contributed by atoms with Crippen molar-refractivity contribution in [3.63, 3.8) is 0 Å². The van der Waals surface area contributed by atoms with Gasteiger partial charge in [-0.15, -0.1) is 0 Å². The number of carbonyl (C=O) groups excluding carboxylic acids is 1. The molecule has 0 atom stereocenters. The Morgan fingerprint density at radius 2 is 2.06 bits per heavy atom. The second kappa shape index (κ2) is 8.68. The Kier molecular flexibility index (Phi) is 5.97. The van der Waals surface area contributed by atoms with Crippen LogP contribution in [0.25, 0.3) is 0 Å². The van der Waals surface area contributed by atoms with E-state index in [0.717, 1.165) is 21.4 Å². The van der Waals surface area contributed by atoms with Crippen LogP contribution in [0.4, 0.5) is 5.69 Å². The van der Waals surface area contributed by atoms with Crippen molar-refractivity contribution < 1.29 is 9.32 Å². The summed E-state index contributed by atoms with van der Waals surface area (Å²) < 4.78 is 9.78. The molecular formula is C21H20BrClN6O2. The largest absolute Gasteiger partial charge is 0.361 e. The fourth-order valence-electron chi connectivity index (χ4n) is 3.28. The second-order valence-electron chi connectivity index (χ2n) is 7.22. The summed E-state index contributed by atoms with van der Waals surface area (Å²) >= 11 is 9.64. The van der Waals surface area contributed by atoms with Crippen molar-refractivity contribution >= 4 is 39.1 Å². The van der Waals surface area contributed by atoms with Crippen LogP contribution in [0, 0.1) is 20.8 Å². The highest BCUT2D eigenvalue weighted by molar-refractivity contribution is 9.10. The molecule has 1 N–H and O–H groups in total. The Hall–Kier alpha value is -2.91. The molecule has 0 radical (unpaired) electrons. The number of amides is 1. The first-order valence-electron chi connectivity index (χ1n) is 9.54. The number of aromatic nitrogens is 5. The van der Waals surface area contributed by atoms with Gasteiger partial charge in [0, 0.05) is 17.4 Å². The minimum Gasteiger partial charge on any atom is -0.361 e. The van der Waals surface area contributed by atoms with Gasteiger partial charge in [-0.1, -0.05) is 28.9 Å². The highest BCUT2D eigenvalue weighted by Crippen LogP contribution is 2.23. The van der Waals surface area contributed by atoms with Gasteiger partial charge in [0.1, 0.15) is 5.76 Å². The van der Waals surface area contributed by atoms with E-state index >= 15 is 0 Å². The van der Waals surface area contributed by atoms with Gasteiger partial charge in [0.25, 0.3) is 5.91 Å². The number of aryl methyl sites for hydroxylation is 2. The van der Waals surface area contributed by atoms with Gasteiger partial charge in [0.05, 0.1) is 40.2 Å². The fourth-order valence-corrected chi connectivity index (χ4v) is 3.75. The van der Waals surface area contributed by atoms with Crippen molar-refractivity contribution in [2.75, 3.05) is 5.32 Å². The van der Waals surface area contributed by atoms with Crippen LogP contribution in [-0.2, 0) is 13.1 Å². The Bertz CT molecular complexity index is 1260. The fraction of sp³-hybridized carbons (Fsp3) is 0.238. The first kappa shape index (κ1) is 21.3. The van der Waals surface area contributed by atoms with Gasteiger partial charge in [-0.2, -0.15) is 10.2 Å². The summed E-state index contributed by atoms with van der Waals surface area (Å²) in [6, 6.07) is 7.59. The third-order valence-corrected chi connectivity index (χ3v) is 5.89. The van der Waals surface area contributed by atoms with E-state index in [1.165, 1.54) is 0 Å². The predicted octanol–water partition coefficient (Wildman–Crippen LogP) is 4.76. The van der Waals surface area contributed by atoms with E-state index in [9.17, 15) is 4.79 Å². The van der Waals surface area contributed by atoms with Gasteiger partial charge in [-0.3, -0.25) is 14.2 Å². The van der Waals surface area contributed by atoms with Crippen LogP contribution in [0.1, 0.15) is 38.8 Å². The second-order valence-corrected chi connectivity index (χ2v) is 8.51. The van der Waals surface area contributed by atoms with Gasteiger partial charge in [-0.05, 0) is 54.4 Å². The SMILES string of the molecule is Cc1nn(Cc2c(C(=O)Nc3cccc(Cn4cc(Br)cn4)c3)noc2C)c(C)c1Cl. The zero-order valence-electron chi connectivity index (χ0n) is 17.2. The predicted molar refractivity (Wildman–Crippen MR) is 120 cm³/mol. The first-order chi connectivity index (χ1) is 14.8. The molecule has 0 unspecified atom stereocenters. The lowest BCUT2D eigenvalue weighted by atomic mass is 10.1. The molecule has 1 aromatic carbocycles. The third-order valence-electron chi connectivity index (χ3n) is 4.93. The number of hydrogen-bond donors (Lipinski definition) is 1. The van der Waals surface area contributed by atoms with Crippen LogP contribution in [-0.4, -0.2) is 30.6 Å². The number of hydrogen-bond acceptors (Lipinski definition) is 5. The van der Waals surface area contributed by atoms with Gasteiger partial charge in [-0.25, -0.2) is 0 Å². The highest BCUT2D eigenvalue weighted by atomic mass is 79.9. The summed E-state index contributed by atoms with van der Waals surface area (Å²) in [6.45, 7) is 6.42. The summed E-state index contributed by atoms with van der Waals surface area (Å²) in [5, 5.41) is 16.2. The molecular weight excluding hydrogens is 484 g/mol. The Balaban J connectivity index is 1.53. The monoisotopic (exact) mass is 502 g/mol. The van der Waals surface area contributed by atoms with E-state index in [0.29, 0.717) is 35.1 Å². The molecule has 31 heavy (non-hydrogen) atoms. The summed E-state index contributed by atoms with van der Waals surface area (Å²) in [5.74, 6) is 0.213. The number of benzene rings is 1. The molecule has 4 aromatic rings. The van der Waals surface area contributed by atoms with E-state index in [1.54, 1.807) is 17.8 Å². The molecule has 0 aliphatic carbocycles. The first-order valence-corrected chi connectivity index (χ1v) is 10.7. The number of rotatable bonds is 6. The van der Waals surface area contributed by atoms with Crippen molar-refractivity contribution in [1.29, 1.82) is 0 Å². The minimum absolute atomic E-state index is 0.225. The lowest BCUT2D eigenvalue weighted by Crippen LogP contribution is -2.16. The minimum atomic E-state index is -0.349. The van der Waals surface area contributed by atoms with E-state index in [1.807, 2.05) is 49.0 Å². The van der Waals surface area contributed by atoms with Crippen LogP contribution in [0.15, 0.2) is 45.7 Å². The van der Waals surface area contributed by atoms with Crippen molar-refractivity contribution in [2.45, 2.75) is 33.9 Å². The Morgan fingerprint density at radius 3 is 2.74 bits per heavy atom. The van der Waals surface area contributed by atoms with Crippen LogP contribution in [0.5, 0.6) is 0 Å². The number of halogens is 2. The molecule has 0 spiro atoms. The highest BCUT2D eigenvalue weighted by Gasteiger charge is 2.22. The molecule has 3 aromatic heterocycles. The average Bonchev–Trinajstić information content (AvgIpc) is 3.37. The molecule has 10 heteroatoms. The van der Waals surface area contributed by atoms with Gasteiger partial charge >= 0.3 is 0 Å². The van der Waals surface area contributed by atoms with Gasteiger partial charge < -0.3 is 9.84 Å². The smallest absolute Gasteiger partial charge is 0.278 e. The number of nitrogens with one attached hydrogen (secondary N) is 1. The van der Waals surface area contributed by atoms with Gasteiger partial charge in [0.2, 0.25) is 0 Å². The van der Waals surface area contributed by atoms with E-state index in [-0.39, 0.29) is 11.6 Å². The van der Waals surface area contributed by atoms with Crippen molar-refractivity contribution in [3.8, 4) is 0 Å². The van der Waals surface area contributed by atoms with Crippen LogP contribution >= 0.6 is 27.5 Å². The molecule has 0 saturated carbocycles. The summed E-state index contributed by atoms with van der Waals surface area (Å²) in [5.41, 5.74) is 4.11. The van der Waals surface area contributed by atoms with Crippen LogP contribution in [0.2, 0.25) is 5.02 Å².